The van der Waals surface area contributed by atoms with Crippen molar-refractivity contribution in [3.05, 3.63) is 59.4 Å². The largest absolute Gasteiger partial charge is 0.452 e. The molecule has 0 saturated carbocycles. The van der Waals surface area contributed by atoms with Crippen LogP contribution in [0.1, 0.15) is 15.9 Å². The Bertz CT molecular complexity index is 1050. The first-order chi connectivity index (χ1) is 14.3. The number of benzene rings is 2. The topological polar surface area (TPSA) is 102 Å². The van der Waals surface area contributed by atoms with Gasteiger partial charge in [0.05, 0.1) is 29.4 Å². The van der Waals surface area contributed by atoms with Gasteiger partial charge in [-0.2, -0.15) is 0 Å². The third-order valence-corrected chi connectivity index (χ3v) is 6.03. The fourth-order valence-electron chi connectivity index (χ4n) is 2.97. The Hall–Kier alpha value is -2.98. The molecule has 1 aliphatic heterocycles. The molecule has 160 valence electrons. The smallest absolute Gasteiger partial charge is 0.340 e. The highest BCUT2D eigenvalue weighted by atomic mass is 32.2. The lowest BCUT2D eigenvalue weighted by Gasteiger charge is -2.26. The van der Waals surface area contributed by atoms with Crippen molar-refractivity contribution in [3.8, 4) is 0 Å². The third-order valence-electron chi connectivity index (χ3n) is 4.51. The number of hydrogen-bond donors (Lipinski definition) is 1. The van der Waals surface area contributed by atoms with E-state index in [0.29, 0.717) is 26.3 Å². The summed E-state index contributed by atoms with van der Waals surface area (Å²) in [5, 5.41) is 0. The van der Waals surface area contributed by atoms with Crippen LogP contribution in [-0.2, 0) is 24.3 Å². The Morgan fingerprint density at radius 1 is 1.17 bits per heavy atom. The van der Waals surface area contributed by atoms with Crippen molar-refractivity contribution in [2.24, 2.45) is 0 Å². The molecule has 1 N–H and O–H groups in total. The van der Waals surface area contributed by atoms with E-state index in [1.807, 2.05) is 0 Å². The van der Waals surface area contributed by atoms with Crippen LogP contribution in [0.2, 0.25) is 0 Å². The number of nitrogens with zero attached hydrogens (tertiary/aromatic N) is 1. The number of rotatable bonds is 6. The van der Waals surface area contributed by atoms with Gasteiger partial charge < -0.3 is 14.4 Å². The molecule has 8 nitrogen and oxygen atoms in total. The number of sulfonamides is 1. The zero-order chi connectivity index (χ0) is 21.7. The minimum Gasteiger partial charge on any atom is -0.452 e. The van der Waals surface area contributed by atoms with Crippen LogP contribution < -0.4 is 4.72 Å². The van der Waals surface area contributed by atoms with Crippen LogP contribution in [0.3, 0.4) is 0 Å². The van der Waals surface area contributed by atoms with E-state index in [2.05, 4.69) is 4.72 Å². The fraction of sp³-hybridized carbons (Fsp3) is 0.300. The SMILES string of the molecule is Cc1cc(F)ccc1S(=O)(=O)Nc1ccccc1C(=O)OCC(=O)N1CCOCC1. The second-order valence-corrected chi connectivity index (χ2v) is 8.28. The number of para-hydroxylation sites is 1. The Labute approximate surface area is 173 Å². The molecule has 1 saturated heterocycles. The summed E-state index contributed by atoms with van der Waals surface area (Å²) in [4.78, 5) is 26.0. The molecular formula is C20H21FN2O6S. The number of ether oxygens (including phenoxy) is 2. The number of esters is 1. The summed E-state index contributed by atoms with van der Waals surface area (Å²) >= 11 is 0. The van der Waals surface area contributed by atoms with E-state index in [0.717, 1.165) is 18.2 Å². The molecule has 10 heteroatoms. The lowest BCUT2D eigenvalue weighted by molar-refractivity contribution is -0.138. The first-order valence-corrected chi connectivity index (χ1v) is 10.7. The molecule has 0 aliphatic carbocycles. The van der Waals surface area contributed by atoms with Crippen LogP contribution in [0, 0.1) is 12.7 Å². The maximum absolute atomic E-state index is 13.3. The molecule has 2 aromatic carbocycles. The van der Waals surface area contributed by atoms with Gasteiger partial charge >= 0.3 is 5.97 Å². The van der Waals surface area contributed by atoms with Gasteiger partial charge in [-0.3, -0.25) is 9.52 Å². The van der Waals surface area contributed by atoms with E-state index in [1.54, 1.807) is 12.1 Å². The van der Waals surface area contributed by atoms with Gasteiger partial charge in [-0.1, -0.05) is 12.1 Å². The number of halogens is 1. The van der Waals surface area contributed by atoms with Crippen molar-refractivity contribution in [2.45, 2.75) is 11.8 Å². The van der Waals surface area contributed by atoms with E-state index in [-0.39, 0.29) is 27.6 Å². The quantitative estimate of drug-likeness (QED) is 0.695. The van der Waals surface area contributed by atoms with Gasteiger partial charge in [-0.25, -0.2) is 17.6 Å². The zero-order valence-electron chi connectivity index (χ0n) is 16.3. The summed E-state index contributed by atoms with van der Waals surface area (Å²) in [5.74, 6) is -1.75. The molecule has 1 fully saturated rings. The highest BCUT2D eigenvalue weighted by Crippen LogP contribution is 2.23. The molecule has 0 aromatic heterocycles. The van der Waals surface area contributed by atoms with Crippen molar-refractivity contribution in [3.63, 3.8) is 0 Å². The molecule has 0 bridgehead atoms. The van der Waals surface area contributed by atoms with Crippen LogP contribution >= 0.6 is 0 Å². The molecule has 0 radical (unpaired) electrons. The van der Waals surface area contributed by atoms with Gasteiger partial charge in [-0.15, -0.1) is 0 Å². The predicted molar refractivity (Wildman–Crippen MR) is 106 cm³/mol. The van der Waals surface area contributed by atoms with Crippen LogP contribution in [0.15, 0.2) is 47.4 Å². The van der Waals surface area contributed by atoms with E-state index in [4.69, 9.17) is 9.47 Å². The summed E-state index contributed by atoms with van der Waals surface area (Å²) in [6.45, 7) is 2.69. The predicted octanol–water partition coefficient (Wildman–Crippen LogP) is 1.95. The molecule has 1 aliphatic rings. The lowest BCUT2D eigenvalue weighted by atomic mass is 10.2. The maximum atomic E-state index is 13.3. The Kier molecular flexibility index (Phi) is 6.68. The van der Waals surface area contributed by atoms with Crippen LogP contribution in [0.4, 0.5) is 10.1 Å². The molecule has 0 unspecified atom stereocenters. The lowest BCUT2D eigenvalue weighted by Crippen LogP contribution is -2.42. The highest BCUT2D eigenvalue weighted by Gasteiger charge is 2.23. The molecule has 0 spiro atoms. The second-order valence-electron chi connectivity index (χ2n) is 6.63. The van der Waals surface area contributed by atoms with E-state index in [1.165, 1.54) is 24.0 Å². The first-order valence-electron chi connectivity index (χ1n) is 9.18. The van der Waals surface area contributed by atoms with Crippen molar-refractivity contribution in [1.82, 2.24) is 4.90 Å². The van der Waals surface area contributed by atoms with Gasteiger partial charge in [0.1, 0.15) is 5.82 Å². The van der Waals surface area contributed by atoms with Gasteiger partial charge in [-0.05, 0) is 42.8 Å². The molecular weight excluding hydrogens is 415 g/mol. The average Bonchev–Trinajstić information content (AvgIpc) is 2.72. The van der Waals surface area contributed by atoms with Gasteiger partial charge in [0.2, 0.25) is 0 Å². The van der Waals surface area contributed by atoms with Crippen molar-refractivity contribution >= 4 is 27.6 Å². The van der Waals surface area contributed by atoms with Gasteiger partial charge in [0.15, 0.2) is 6.61 Å². The standard InChI is InChI=1S/C20H21FN2O6S/c1-14-12-15(21)6-7-18(14)30(26,27)22-17-5-3-2-4-16(17)20(25)29-13-19(24)23-8-10-28-11-9-23/h2-7,12,22H,8-11,13H2,1H3. The van der Waals surface area contributed by atoms with E-state index in [9.17, 15) is 22.4 Å². The molecule has 1 heterocycles. The molecule has 30 heavy (non-hydrogen) atoms. The monoisotopic (exact) mass is 436 g/mol. The van der Waals surface area contributed by atoms with Crippen LogP contribution in [-0.4, -0.2) is 58.1 Å². The number of carbonyl (C=O) groups is 2. The Balaban J connectivity index is 1.73. The van der Waals surface area contributed by atoms with Crippen molar-refractivity contribution in [2.75, 3.05) is 37.6 Å². The molecule has 3 rings (SSSR count). The highest BCUT2D eigenvalue weighted by molar-refractivity contribution is 7.92. The summed E-state index contributed by atoms with van der Waals surface area (Å²) < 4.78 is 51.3. The Morgan fingerprint density at radius 3 is 2.57 bits per heavy atom. The summed E-state index contributed by atoms with van der Waals surface area (Å²) in [6.07, 6.45) is 0. The number of aryl methyl sites for hydroxylation is 1. The summed E-state index contributed by atoms with van der Waals surface area (Å²) in [5.41, 5.74) is 0.166. The zero-order valence-corrected chi connectivity index (χ0v) is 17.1. The molecule has 1 amide bonds. The number of morpholine rings is 1. The van der Waals surface area contributed by atoms with E-state index >= 15 is 0 Å². The number of anilines is 1. The molecule has 2 aromatic rings. The van der Waals surface area contributed by atoms with Crippen LogP contribution in [0.5, 0.6) is 0 Å². The van der Waals surface area contributed by atoms with Crippen LogP contribution in [0.25, 0.3) is 0 Å². The second kappa shape index (κ2) is 9.23. The maximum Gasteiger partial charge on any atom is 0.340 e. The molecule has 0 atom stereocenters. The van der Waals surface area contributed by atoms with Gasteiger partial charge in [0.25, 0.3) is 15.9 Å². The number of carbonyl (C=O) groups excluding carboxylic acids is 2. The minimum atomic E-state index is -4.08. The number of amides is 1. The summed E-state index contributed by atoms with van der Waals surface area (Å²) in [6, 6.07) is 9.17. The first kappa shape index (κ1) is 21.7. The normalized spacial score (nSPS) is 14.3. The number of hydrogen-bond acceptors (Lipinski definition) is 6. The fourth-order valence-corrected chi connectivity index (χ4v) is 4.28. The van der Waals surface area contributed by atoms with E-state index < -0.39 is 28.4 Å². The van der Waals surface area contributed by atoms with Crippen molar-refractivity contribution in [1.29, 1.82) is 0 Å². The average molecular weight is 436 g/mol. The Morgan fingerprint density at radius 2 is 1.87 bits per heavy atom. The van der Waals surface area contributed by atoms with Gasteiger partial charge in [0, 0.05) is 13.1 Å². The third kappa shape index (κ3) is 5.14. The number of nitrogens with one attached hydrogen (secondary N) is 1. The van der Waals surface area contributed by atoms with Crippen molar-refractivity contribution < 1.29 is 31.9 Å². The summed E-state index contributed by atoms with van der Waals surface area (Å²) in [7, 11) is -4.08. The minimum absolute atomic E-state index is 0.00922.